The fourth-order valence-corrected chi connectivity index (χ4v) is 4.63. The molecule has 5 heterocycles. The number of hydrogen-bond donors (Lipinski definition) is 1. The molecule has 0 saturated carbocycles. The van der Waals surface area contributed by atoms with Crippen LogP contribution >= 0.6 is 0 Å². The lowest BCUT2D eigenvalue weighted by Crippen LogP contribution is -2.34. The summed E-state index contributed by atoms with van der Waals surface area (Å²) in [5.41, 5.74) is 2.76. The van der Waals surface area contributed by atoms with Crippen molar-refractivity contribution in [3.8, 4) is 5.69 Å². The van der Waals surface area contributed by atoms with Crippen molar-refractivity contribution in [3.63, 3.8) is 0 Å². The van der Waals surface area contributed by atoms with Crippen molar-refractivity contribution in [1.29, 1.82) is 0 Å². The second-order valence-electron chi connectivity index (χ2n) is 9.42. The summed E-state index contributed by atoms with van der Waals surface area (Å²) < 4.78 is 18.3. The normalized spacial score (nSPS) is 14.5. The number of halogens is 1. The third-order valence-electron chi connectivity index (χ3n) is 6.77. The summed E-state index contributed by atoms with van der Waals surface area (Å²) in [5, 5.41) is 14.1. The van der Waals surface area contributed by atoms with Crippen molar-refractivity contribution in [2.45, 2.75) is 38.5 Å². The van der Waals surface area contributed by atoms with Crippen molar-refractivity contribution < 1.29 is 4.39 Å². The van der Waals surface area contributed by atoms with E-state index in [4.69, 9.17) is 4.98 Å². The molecule has 0 atom stereocenters. The van der Waals surface area contributed by atoms with E-state index in [1.165, 1.54) is 17.1 Å². The van der Waals surface area contributed by atoms with Crippen LogP contribution in [0.4, 0.5) is 21.8 Å². The van der Waals surface area contributed by atoms with E-state index in [2.05, 4.69) is 54.5 Å². The Morgan fingerprint density at radius 1 is 1.03 bits per heavy atom. The first-order valence-corrected chi connectivity index (χ1v) is 12.3. The summed E-state index contributed by atoms with van der Waals surface area (Å²) in [6.07, 6.45) is 12.5. The second-order valence-corrected chi connectivity index (χ2v) is 9.42. The van der Waals surface area contributed by atoms with Crippen LogP contribution in [0.25, 0.3) is 11.2 Å². The van der Waals surface area contributed by atoms with E-state index < -0.39 is 5.82 Å². The maximum atomic E-state index is 14.9. The molecule has 0 bridgehead atoms. The molecule has 1 aromatic carbocycles. The maximum absolute atomic E-state index is 14.9. The molecule has 0 aliphatic carbocycles. The Morgan fingerprint density at radius 3 is 2.54 bits per heavy atom. The Bertz CT molecular complexity index is 1500. The van der Waals surface area contributed by atoms with Crippen LogP contribution in [0.3, 0.4) is 0 Å². The third-order valence-corrected chi connectivity index (χ3v) is 6.77. The molecule has 6 rings (SSSR count). The highest BCUT2D eigenvalue weighted by Gasteiger charge is 2.26. The fraction of sp³-hybridized carbons (Fsp3) is 0.320. The second kappa shape index (κ2) is 9.52. The molecule has 12 heteroatoms. The Morgan fingerprint density at radius 2 is 1.84 bits per heavy atom. The molecule has 1 fully saturated rings. The molecule has 1 aliphatic rings. The highest BCUT2D eigenvalue weighted by Crippen LogP contribution is 2.31. The minimum absolute atomic E-state index is 0.288. The molecular formula is C25H26FN11. The van der Waals surface area contributed by atoms with Crippen LogP contribution in [0.1, 0.15) is 49.9 Å². The summed E-state index contributed by atoms with van der Waals surface area (Å²) in [6.45, 7) is 5.99. The van der Waals surface area contributed by atoms with Gasteiger partial charge in [-0.3, -0.25) is 4.40 Å². The molecule has 0 amide bonds. The van der Waals surface area contributed by atoms with Crippen molar-refractivity contribution in [2.24, 2.45) is 0 Å². The van der Waals surface area contributed by atoms with Crippen LogP contribution in [0.5, 0.6) is 0 Å². The summed E-state index contributed by atoms with van der Waals surface area (Å²) >= 11 is 0. The van der Waals surface area contributed by atoms with Gasteiger partial charge in [0.25, 0.3) is 0 Å². The predicted molar refractivity (Wildman–Crippen MR) is 136 cm³/mol. The van der Waals surface area contributed by atoms with Gasteiger partial charge in [-0.15, -0.1) is 5.10 Å². The number of anilines is 3. The largest absolute Gasteiger partial charge is 0.341 e. The van der Waals surface area contributed by atoms with Crippen LogP contribution in [0, 0.1) is 5.82 Å². The molecule has 5 aromatic rings. The highest BCUT2D eigenvalue weighted by atomic mass is 19.1. The van der Waals surface area contributed by atoms with E-state index in [0.717, 1.165) is 48.8 Å². The molecule has 0 unspecified atom stereocenters. The third kappa shape index (κ3) is 4.46. The molecule has 11 nitrogen and oxygen atoms in total. The van der Waals surface area contributed by atoms with Crippen molar-refractivity contribution >= 4 is 23.0 Å². The van der Waals surface area contributed by atoms with Crippen LogP contribution in [0.2, 0.25) is 0 Å². The molecule has 1 saturated heterocycles. The number of imidazole rings is 1. The van der Waals surface area contributed by atoms with Gasteiger partial charge in [-0.2, -0.15) is 0 Å². The first-order chi connectivity index (χ1) is 18.1. The monoisotopic (exact) mass is 499 g/mol. The van der Waals surface area contributed by atoms with E-state index in [9.17, 15) is 4.39 Å². The summed E-state index contributed by atoms with van der Waals surface area (Å²) in [5.74, 6) is 2.55. The molecule has 0 spiro atoms. The Labute approximate surface area is 212 Å². The Kier molecular flexibility index (Phi) is 5.91. The molecule has 1 N–H and O–H groups in total. The quantitative estimate of drug-likeness (QED) is 0.372. The number of aromatic nitrogens is 9. The minimum Gasteiger partial charge on any atom is -0.341 e. The molecule has 188 valence electrons. The smallest absolute Gasteiger partial charge is 0.225 e. The van der Waals surface area contributed by atoms with Gasteiger partial charge in [0.15, 0.2) is 5.82 Å². The van der Waals surface area contributed by atoms with Crippen LogP contribution < -0.4 is 10.2 Å². The summed E-state index contributed by atoms with van der Waals surface area (Å²) in [7, 11) is 0. The number of hydrogen-bond acceptors (Lipinski definition) is 9. The number of benzene rings is 1. The molecule has 37 heavy (non-hydrogen) atoms. The zero-order chi connectivity index (χ0) is 25.4. The Hall–Kier alpha value is -4.48. The average molecular weight is 500 g/mol. The highest BCUT2D eigenvalue weighted by molar-refractivity contribution is 5.73. The van der Waals surface area contributed by atoms with Crippen LogP contribution in [-0.4, -0.2) is 57.6 Å². The van der Waals surface area contributed by atoms with Gasteiger partial charge < -0.3 is 10.2 Å². The summed E-state index contributed by atoms with van der Waals surface area (Å²) in [4.78, 5) is 20.6. The topological polar surface area (TPSA) is 115 Å². The van der Waals surface area contributed by atoms with E-state index >= 15 is 0 Å². The first-order valence-electron chi connectivity index (χ1n) is 12.3. The van der Waals surface area contributed by atoms with E-state index in [-0.39, 0.29) is 5.92 Å². The number of fused-ring (bicyclic) bond motifs is 1. The van der Waals surface area contributed by atoms with Gasteiger partial charge >= 0.3 is 0 Å². The average Bonchev–Trinajstić information content (AvgIpc) is 3.61. The zero-order valence-corrected chi connectivity index (χ0v) is 20.5. The molecular weight excluding hydrogens is 473 g/mol. The van der Waals surface area contributed by atoms with Crippen molar-refractivity contribution in [2.75, 3.05) is 23.3 Å². The van der Waals surface area contributed by atoms with Gasteiger partial charge in [-0.1, -0.05) is 13.8 Å². The van der Waals surface area contributed by atoms with Gasteiger partial charge in [0.05, 0.1) is 17.6 Å². The molecule has 4 aromatic heterocycles. The lowest BCUT2D eigenvalue weighted by molar-refractivity contribution is 0.479. The van der Waals surface area contributed by atoms with E-state index in [1.54, 1.807) is 24.5 Å². The summed E-state index contributed by atoms with van der Waals surface area (Å²) in [6, 6.07) is 4.74. The van der Waals surface area contributed by atoms with Crippen molar-refractivity contribution in [3.05, 3.63) is 72.7 Å². The van der Waals surface area contributed by atoms with Gasteiger partial charge in [0.1, 0.15) is 23.5 Å². The number of rotatable bonds is 6. The Balaban J connectivity index is 1.18. The lowest BCUT2D eigenvalue weighted by Gasteiger charge is -2.31. The van der Waals surface area contributed by atoms with E-state index in [1.807, 2.05) is 23.0 Å². The fourth-order valence-electron chi connectivity index (χ4n) is 4.63. The van der Waals surface area contributed by atoms with Crippen LogP contribution in [-0.2, 0) is 0 Å². The number of nitrogens with one attached hydrogen (secondary N) is 1. The number of piperidine rings is 1. The lowest BCUT2D eigenvalue weighted by atomic mass is 9.96. The van der Waals surface area contributed by atoms with Gasteiger partial charge in [0, 0.05) is 49.9 Å². The van der Waals surface area contributed by atoms with E-state index in [0.29, 0.717) is 23.1 Å². The van der Waals surface area contributed by atoms with Gasteiger partial charge in [-0.05, 0) is 46.9 Å². The standard InChI is InChI=1S/C25H26FN11/c1-16(2)18-12-29-25(30-13-18)35-8-5-17(6-9-35)24-28-14-22-23(27-7-10-36(22)24)32-21-4-3-19(11-20(21)26)37-15-31-33-34-37/h3-4,7,10-17H,5-6,8-9H2,1-2H3,(H,27,32). The maximum Gasteiger partial charge on any atom is 0.225 e. The van der Waals surface area contributed by atoms with Gasteiger partial charge in [-0.25, -0.2) is 29.0 Å². The van der Waals surface area contributed by atoms with Crippen LogP contribution in [0.15, 0.2) is 55.5 Å². The minimum atomic E-state index is -0.437. The molecule has 0 radical (unpaired) electrons. The SMILES string of the molecule is CC(C)c1cnc(N2CCC(c3ncc4c(Nc5ccc(-n6cnnn6)cc5F)nccn34)CC2)nc1. The predicted octanol–water partition coefficient (Wildman–Crippen LogP) is 3.89. The number of tetrazole rings is 1. The first kappa shape index (κ1) is 23.0. The van der Waals surface area contributed by atoms with Crippen molar-refractivity contribution in [1.82, 2.24) is 44.5 Å². The zero-order valence-electron chi connectivity index (χ0n) is 20.5. The number of nitrogens with zero attached hydrogens (tertiary/aromatic N) is 10. The molecule has 1 aliphatic heterocycles. The van der Waals surface area contributed by atoms with Gasteiger partial charge in [0.2, 0.25) is 5.95 Å².